The van der Waals surface area contributed by atoms with Crippen LogP contribution in [0.15, 0.2) is 48.5 Å². The zero-order valence-corrected chi connectivity index (χ0v) is 22.6. The summed E-state index contributed by atoms with van der Waals surface area (Å²) >= 11 is 18.3. The highest BCUT2D eigenvalue weighted by Crippen LogP contribution is 2.11. The van der Waals surface area contributed by atoms with Crippen LogP contribution in [0.5, 0.6) is 0 Å². The van der Waals surface area contributed by atoms with Gasteiger partial charge in [0.15, 0.2) is 11.6 Å². The molecule has 2 aromatic carbocycles. The third-order valence-corrected chi connectivity index (χ3v) is 3.74. The summed E-state index contributed by atoms with van der Waals surface area (Å²) < 4.78 is 0. The molecule has 7 heteroatoms. The van der Waals surface area contributed by atoms with Crippen molar-refractivity contribution in [3.8, 4) is 0 Å². The Balaban J connectivity index is -0.000000372. The molecule has 0 radical (unpaired) electrons. The zero-order valence-electron chi connectivity index (χ0n) is 16.3. The van der Waals surface area contributed by atoms with E-state index < -0.39 is 0 Å². The van der Waals surface area contributed by atoms with Crippen LogP contribution in [0.1, 0.15) is 59.5 Å². The Kier molecular flexibility index (Phi) is 24.3. The molecule has 0 bridgehead atoms. The first-order chi connectivity index (χ1) is 13.3. The van der Waals surface area contributed by atoms with E-state index in [1.54, 1.807) is 0 Å². The van der Waals surface area contributed by atoms with Crippen molar-refractivity contribution in [2.45, 2.75) is 46.4 Å². The highest BCUT2D eigenvalue weighted by Gasteiger charge is 2.10. The maximum atomic E-state index is 11.4. The Labute approximate surface area is 209 Å². The second kappa shape index (κ2) is 21.0. The number of carbonyl (C=O) groups is 2. The lowest BCUT2D eigenvalue weighted by molar-refractivity contribution is 0.0983. The number of hydrogen-bond donors (Lipinski definition) is 0. The van der Waals surface area contributed by atoms with E-state index in [4.69, 9.17) is 23.2 Å². The van der Waals surface area contributed by atoms with Gasteiger partial charge in [-0.25, -0.2) is 0 Å². The van der Waals surface area contributed by atoms with Crippen molar-refractivity contribution in [1.82, 2.24) is 0 Å². The summed E-state index contributed by atoms with van der Waals surface area (Å²) in [6.45, 7) is 7.69. The normalized spacial score (nSPS) is 9.69. The van der Waals surface area contributed by atoms with Crippen molar-refractivity contribution < 1.29 is 9.59 Å². The SMILES string of the molecule is BrBr.C.CCC(=O)c1cccc(C)c1.Cc1cccc(C(=O)C(C)Br)c1.ClCCl. The summed E-state index contributed by atoms with van der Waals surface area (Å²) in [6, 6.07) is 15.3. The minimum Gasteiger partial charge on any atom is -0.294 e. The lowest BCUT2D eigenvalue weighted by atomic mass is 10.1. The molecular weight excluding hydrogens is 607 g/mol. The predicted octanol–water partition coefficient (Wildman–Crippen LogP) is 9.30. The van der Waals surface area contributed by atoms with Gasteiger partial charge in [-0.15, -0.1) is 23.2 Å². The molecular formula is C22H29Br3Cl2O2. The van der Waals surface area contributed by atoms with Crippen LogP contribution in [-0.2, 0) is 0 Å². The van der Waals surface area contributed by atoms with Crippen molar-refractivity contribution in [3.05, 3.63) is 70.8 Å². The third-order valence-electron chi connectivity index (χ3n) is 3.33. The minimum atomic E-state index is -0.0979. The summed E-state index contributed by atoms with van der Waals surface area (Å²) in [5.41, 5.74) is 3.87. The van der Waals surface area contributed by atoms with Crippen molar-refractivity contribution in [3.63, 3.8) is 0 Å². The van der Waals surface area contributed by atoms with E-state index in [0.29, 0.717) is 6.42 Å². The summed E-state index contributed by atoms with van der Waals surface area (Å²) in [4.78, 5) is 22.5. The molecule has 1 unspecified atom stereocenters. The van der Waals surface area contributed by atoms with Crippen LogP contribution < -0.4 is 0 Å². The second-order valence-corrected chi connectivity index (χ2v) is 7.78. The van der Waals surface area contributed by atoms with E-state index >= 15 is 0 Å². The fraction of sp³-hybridized carbons (Fsp3) is 0.364. The smallest absolute Gasteiger partial charge is 0.176 e. The molecule has 1 atom stereocenters. The molecule has 0 aliphatic carbocycles. The largest absolute Gasteiger partial charge is 0.294 e. The molecule has 0 fully saturated rings. The maximum Gasteiger partial charge on any atom is 0.176 e. The minimum absolute atomic E-state index is 0. The van der Waals surface area contributed by atoms with Crippen molar-refractivity contribution >= 4 is 79.0 Å². The van der Waals surface area contributed by atoms with Gasteiger partial charge in [0, 0.05) is 45.8 Å². The van der Waals surface area contributed by atoms with Gasteiger partial charge in [0.05, 0.1) is 10.2 Å². The van der Waals surface area contributed by atoms with Crippen LogP contribution in [0.25, 0.3) is 0 Å². The van der Waals surface area contributed by atoms with Crippen LogP contribution in [0, 0.1) is 13.8 Å². The summed E-state index contributed by atoms with van der Waals surface area (Å²) in [5, 5.41) is 0.194. The molecule has 164 valence electrons. The van der Waals surface area contributed by atoms with Gasteiger partial charge in [-0.05, 0) is 32.9 Å². The molecule has 0 aromatic heterocycles. The summed E-state index contributed by atoms with van der Waals surface area (Å²) in [7, 11) is 0. The second-order valence-electron chi connectivity index (χ2n) is 5.60. The number of ketones is 2. The van der Waals surface area contributed by atoms with Gasteiger partial charge < -0.3 is 0 Å². The highest BCUT2D eigenvalue weighted by molar-refractivity contribution is 9.93. The standard InChI is InChI=1S/C10H11BrO.C10H12O.CH2Cl2.CH4.Br2/c1-7-4-3-5-9(6-7)10(12)8(2)11;1-3-10(11)9-6-4-5-8(2)7-9;2-1-3;;1-2/h3-6,8H,1-2H3;4-7H,3H2,1-2H3;1H2;1H4;. The van der Waals surface area contributed by atoms with Crippen LogP contribution in [0.4, 0.5) is 0 Å². The highest BCUT2D eigenvalue weighted by atomic mass is 80.9. The van der Waals surface area contributed by atoms with Gasteiger partial charge >= 0.3 is 0 Å². The predicted molar refractivity (Wildman–Crippen MR) is 141 cm³/mol. The van der Waals surface area contributed by atoms with Crippen LogP contribution >= 0.6 is 67.4 Å². The van der Waals surface area contributed by atoms with Gasteiger partial charge in [-0.1, -0.05) is 77.8 Å². The van der Waals surface area contributed by atoms with Gasteiger partial charge in [-0.2, -0.15) is 0 Å². The Bertz CT molecular complexity index is 708. The number of aryl methyl sites for hydroxylation is 2. The van der Waals surface area contributed by atoms with E-state index in [2.05, 4.69) is 44.2 Å². The van der Waals surface area contributed by atoms with Gasteiger partial charge in [0.1, 0.15) is 0 Å². The summed E-state index contributed by atoms with van der Waals surface area (Å²) in [6.07, 6.45) is 0.587. The summed E-state index contributed by atoms with van der Waals surface area (Å²) in [5.74, 6) is 0.354. The number of rotatable bonds is 4. The number of hydrogen-bond acceptors (Lipinski definition) is 2. The Morgan fingerprint density at radius 1 is 0.931 bits per heavy atom. The average Bonchev–Trinajstić information content (AvgIpc) is 2.69. The third kappa shape index (κ3) is 16.2. The Hall–Kier alpha value is -0.200. The quantitative estimate of drug-likeness (QED) is 0.248. The number of carbonyl (C=O) groups excluding carboxylic acids is 2. The van der Waals surface area contributed by atoms with E-state index in [1.165, 1.54) is 0 Å². The van der Waals surface area contributed by atoms with E-state index in [9.17, 15) is 9.59 Å². The van der Waals surface area contributed by atoms with Crippen LogP contribution in [-0.4, -0.2) is 21.7 Å². The van der Waals surface area contributed by atoms with E-state index in [0.717, 1.165) is 22.3 Å². The molecule has 0 saturated heterocycles. The molecule has 2 nitrogen and oxygen atoms in total. The first kappa shape index (κ1) is 33.4. The maximum absolute atomic E-state index is 11.4. The molecule has 0 heterocycles. The van der Waals surface area contributed by atoms with Crippen LogP contribution in [0.2, 0.25) is 0 Å². The van der Waals surface area contributed by atoms with Crippen molar-refractivity contribution in [2.75, 3.05) is 5.34 Å². The molecule has 0 spiro atoms. The molecule has 2 aromatic rings. The van der Waals surface area contributed by atoms with Gasteiger partial charge in [-0.3, -0.25) is 9.59 Å². The van der Waals surface area contributed by atoms with Gasteiger partial charge in [0.2, 0.25) is 0 Å². The van der Waals surface area contributed by atoms with Crippen molar-refractivity contribution in [2.24, 2.45) is 0 Å². The van der Waals surface area contributed by atoms with Crippen LogP contribution in [0.3, 0.4) is 0 Å². The van der Waals surface area contributed by atoms with E-state index in [1.807, 2.05) is 76.2 Å². The Morgan fingerprint density at radius 3 is 1.66 bits per heavy atom. The monoisotopic (exact) mass is 632 g/mol. The first-order valence-electron chi connectivity index (χ1n) is 8.37. The lowest BCUT2D eigenvalue weighted by Gasteiger charge is -2.02. The van der Waals surface area contributed by atoms with Crippen molar-refractivity contribution in [1.29, 1.82) is 0 Å². The Morgan fingerprint density at radius 2 is 1.31 bits per heavy atom. The molecule has 29 heavy (non-hydrogen) atoms. The first-order valence-corrected chi connectivity index (χ1v) is 14.1. The molecule has 0 aliphatic rings. The lowest BCUT2D eigenvalue weighted by Crippen LogP contribution is -2.09. The average molecular weight is 636 g/mol. The molecule has 0 amide bonds. The number of Topliss-reactive ketones (excluding diaryl/α,β-unsaturated/α-hetero) is 2. The molecule has 0 N–H and O–H groups in total. The van der Waals surface area contributed by atoms with E-state index in [-0.39, 0.29) is 29.2 Å². The number of halogens is 5. The molecule has 0 aliphatic heterocycles. The number of alkyl halides is 3. The molecule has 2 rings (SSSR count). The fourth-order valence-electron chi connectivity index (χ4n) is 2.05. The number of benzene rings is 2. The molecule has 0 saturated carbocycles. The fourth-order valence-corrected chi connectivity index (χ4v) is 2.31. The topological polar surface area (TPSA) is 34.1 Å². The zero-order chi connectivity index (χ0) is 22.1. The van der Waals surface area contributed by atoms with Gasteiger partial charge in [0.25, 0.3) is 0 Å².